The van der Waals surface area contributed by atoms with Gasteiger partial charge in [0.25, 0.3) is 0 Å². The molecule has 4 aromatic rings. The molecule has 33 heavy (non-hydrogen) atoms. The van der Waals surface area contributed by atoms with Crippen LogP contribution in [-0.4, -0.2) is 25.7 Å². The molecule has 1 unspecified atom stereocenters. The first-order valence-corrected chi connectivity index (χ1v) is 11.4. The lowest BCUT2D eigenvalue weighted by Gasteiger charge is -2.10. The molecule has 0 saturated heterocycles. The molecule has 0 spiro atoms. The van der Waals surface area contributed by atoms with Gasteiger partial charge in [0.15, 0.2) is 5.82 Å². The monoisotopic (exact) mass is 464 g/mol. The van der Waals surface area contributed by atoms with E-state index in [1.54, 1.807) is 36.5 Å². The zero-order valence-electron chi connectivity index (χ0n) is 17.5. The first kappa shape index (κ1) is 22.3. The zero-order valence-corrected chi connectivity index (χ0v) is 18.3. The number of nitrogens with one attached hydrogen (secondary N) is 2. The molecule has 2 aromatic carbocycles. The van der Waals surface area contributed by atoms with Crippen molar-refractivity contribution in [2.45, 2.75) is 13.3 Å². The van der Waals surface area contributed by atoms with Gasteiger partial charge in [-0.25, -0.2) is 18.0 Å². The number of H-pyrrole nitrogens is 1. The van der Waals surface area contributed by atoms with E-state index in [0.29, 0.717) is 28.6 Å². The number of halogens is 2. The number of pyridine rings is 1. The molecule has 1 atom stereocenters. The van der Waals surface area contributed by atoms with E-state index in [-0.39, 0.29) is 17.0 Å². The third kappa shape index (κ3) is 4.38. The maximum atomic E-state index is 15.1. The number of nitriles is 1. The molecule has 0 saturated carbocycles. The quantitative estimate of drug-likeness (QED) is 0.372. The molecule has 0 bridgehead atoms. The van der Waals surface area contributed by atoms with E-state index in [2.05, 4.69) is 14.7 Å². The smallest absolute Gasteiger partial charge is 0.201 e. The van der Waals surface area contributed by atoms with Gasteiger partial charge >= 0.3 is 0 Å². The summed E-state index contributed by atoms with van der Waals surface area (Å²) in [5.74, 6) is -2.70. The Morgan fingerprint density at radius 1 is 1.18 bits per heavy atom. The number of nitrogens with zero attached hydrogens (tertiary/aromatic N) is 2. The summed E-state index contributed by atoms with van der Waals surface area (Å²) in [5.41, 5.74) is 1.44. The van der Waals surface area contributed by atoms with Gasteiger partial charge in [-0.15, -0.1) is 0 Å². The van der Waals surface area contributed by atoms with Crippen LogP contribution >= 0.6 is 0 Å². The van der Waals surface area contributed by atoms with E-state index in [0.717, 1.165) is 17.7 Å². The summed E-state index contributed by atoms with van der Waals surface area (Å²) in [6.45, 7) is 1.83. The SMILES string of the molecule is CCCS(=O)Nc1ccc(F)c(C(=O)c2c[nH]c3ncc(-c4ccc(C#N)cc4)cc23)c1F. The summed E-state index contributed by atoms with van der Waals surface area (Å²) >= 11 is 0. The fourth-order valence-electron chi connectivity index (χ4n) is 3.42. The van der Waals surface area contributed by atoms with Crippen LogP contribution in [0.5, 0.6) is 0 Å². The van der Waals surface area contributed by atoms with Gasteiger partial charge in [0.2, 0.25) is 5.78 Å². The Kier molecular flexibility index (Phi) is 6.29. The van der Waals surface area contributed by atoms with Crippen LogP contribution in [0.1, 0.15) is 34.8 Å². The van der Waals surface area contributed by atoms with Crippen LogP contribution in [0.4, 0.5) is 14.5 Å². The summed E-state index contributed by atoms with van der Waals surface area (Å²) in [5, 5.41) is 9.37. The van der Waals surface area contributed by atoms with Gasteiger partial charge in [-0.2, -0.15) is 5.26 Å². The lowest BCUT2D eigenvalue weighted by atomic mass is 9.99. The minimum Gasteiger partial charge on any atom is -0.345 e. The van der Waals surface area contributed by atoms with Crippen molar-refractivity contribution < 1.29 is 17.8 Å². The molecule has 2 heterocycles. The average molecular weight is 464 g/mol. The van der Waals surface area contributed by atoms with E-state index in [9.17, 15) is 13.4 Å². The van der Waals surface area contributed by atoms with E-state index < -0.39 is 34.0 Å². The van der Waals surface area contributed by atoms with Gasteiger partial charge in [-0.1, -0.05) is 19.1 Å². The third-order valence-corrected chi connectivity index (χ3v) is 6.28. The molecule has 2 N–H and O–H groups in total. The van der Waals surface area contributed by atoms with Crippen molar-refractivity contribution in [2.75, 3.05) is 10.5 Å². The average Bonchev–Trinajstić information content (AvgIpc) is 3.24. The van der Waals surface area contributed by atoms with Crippen LogP contribution in [0.3, 0.4) is 0 Å². The second-order valence-corrected chi connectivity index (χ2v) is 8.58. The number of aromatic nitrogens is 2. The highest BCUT2D eigenvalue weighted by atomic mass is 32.2. The number of hydrogen-bond acceptors (Lipinski definition) is 4. The van der Waals surface area contributed by atoms with E-state index >= 15 is 4.39 Å². The number of anilines is 1. The predicted molar refractivity (Wildman–Crippen MR) is 123 cm³/mol. The van der Waals surface area contributed by atoms with Gasteiger partial charge in [0.1, 0.15) is 22.5 Å². The number of carbonyl (C=O) groups excluding carboxylic acids is 1. The van der Waals surface area contributed by atoms with Crippen LogP contribution in [0, 0.1) is 23.0 Å². The molecule has 2 aromatic heterocycles. The van der Waals surface area contributed by atoms with Crippen molar-refractivity contribution in [1.82, 2.24) is 9.97 Å². The number of fused-ring (bicyclic) bond motifs is 1. The topological polar surface area (TPSA) is 98.6 Å². The Labute approximate surface area is 190 Å². The summed E-state index contributed by atoms with van der Waals surface area (Å²) in [4.78, 5) is 20.4. The van der Waals surface area contributed by atoms with Crippen LogP contribution < -0.4 is 4.72 Å². The van der Waals surface area contributed by atoms with Crippen molar-refractivity contribution in [3.05, 3.63) is 83.2 Å². The van der Waals surface area contributed by atoms with Crippen LogP contribution in [0.2, 0.25) is 0 Å². The zero-order chi connectivity index (χ0) is 23.5. The van der Waals surface area contributed by atoms with Crippen LogP contribution in [0.25, 0.3) is 22.2 Å². The number of rotatable bonds is 7. The maximum Gasteiger partial charge on any atom is 0.201 e. The van der Waals surface area contributed by atoms with Gasteiger partial charge in [-0.05, 0) is 42.3 Å². The predicted octanol–water partition coefficient (Wildman–Crippen LogP) is 5.10. The highest BCUT2D eigenvalue weighted by molar-refractivity contribution is 7.86. The summed E-state index contributed by atoms with van der Waals surface area (Å²) in [7, 11) is -1.56. The molecule has 0 amide bonds. The van der Waals surface area contributed by atoms with Gasteiger partial charge in [-0.3, -0.25) is 4.79 Å². The van der Waals surface area contributed by atoms with Crippen molar-refractivity contribution in [2.24, 2.45) is 0 Å². The van der Waals surface area contributed by atoms with Crippen LogP contribution in [-0.2, 0) is 11.0 Å². The number of hydrogen-bond donors (Lipinski definition) is 2. The molecule has 9 heteroatoms. The molecule has 0 aliphatic heterocycles. The summed E-state index contributed by atoms with van der Waals surface area (Å²) in [6.07, 6.45) is 3.57. The second kappa shape index (κ2) is 9.30. The minimum atomic E-state index is -1.56. The van der Waals surface area contributed by atoms with Crippen molar-refractivity contribution >= 4 is 33.5 Å². The Morgan fingerprint density at radius 2 is 1.94 bits per heavy atom. The van der Waals surface area contributed by atoms with E-state index in [4.69, 9.17) is 5.26 Å². The maximum absolute atomic E-state index is 15.1. The lowest BCUT2D eigenvalue weighted by molar-refractivity contribution is 0.103. The minimum absolute atomic E-state index is 0.0534. The molecule has 0 radical (unpaired) electrons. The molecular formula is C24H18F2N4O2S. The first-order valence-electron chi connectivity index (χ1n) is 10.1. The van der Waals surface area contributed by atoms with Crippen molar-refractivity contribution in [1.29, 1.82) is 5.26 Å². The molecule has 6 nitrogen and oxygen atoms in total. The van der Waals surface area contributed by atoms with Gasteiger partial charge in [0.05, 0.1) is 22.9 Å². The molecule has 166 valence electrons. The number of ketones is 1. The Morgan fingerprint density at radius 3 is 2.64 bits per heavy atom. The van der Waals surface area contributed by atoms with E-state index in [1.807, 2.05) is 13.0 Å². The largest absolute Gasteiger partial charge is 0.345 e. The van der Waals surface area contributed by atoms with Gasteiger partial charge < -0.3 is 9.71 Å². The number of carbonyl (C=O) groups is 1. The Balaban J connectivity index is 1.75. The van der Waals surface area contributed by atoms with E-state index in [1.165, 1.54) is 6.20 Å². The normalized spacial score (nSPS) is 11.8. The Hall–Kier alpha value is -3.90. The van der Waals surface area contributed by atoms with Crippen molar-refractivity contribution in [3.8, 4) is 17.2 Å². The van der Waals surface area contributed by atoms with Crippen LogP contribution in [0.15, 0.2) is 54.9 Å². The second-order valence-electron chi connectivity index (χ2n) is 7.28. The molecule has 0 aliphatic rings. The van der Waals surface area contributed by atoms with Gasteiger partial charge in [0, 0.05) is 34.7 Å². The highest BCUT2D eigenvalue weighted by Gasteiger charge is 2.25. The lowest BCUT2D eigenvalue weighted by Crippen LogP contribution is -2.13. The number of aromatic amines is 1. The Bertz CT molecular complexity index is 1430. The molecule has 4 rings (SSSR count). The molecule has 0 fully saturated rings. The third-order valence-electron chi connectivity index (χ3n) is 5.05. The summed E-state index contributed by atoms with van der Waals surface area (Å²) in [6, 6.07) is 12.7. The first-order chi connectivity index (χ1) is 15.9. The summed E-state index contributed by atoms with van der Waals surface area (Å²) < 4.78 is 44.1. The standard InChI is InChI=1S/C24H18F2N4O2S/c1-2-9-33(32)30-20-8-7-19(25)21(22(20)26)23(31)18-13-29-24-17(18)10-16(12-28-24)15-5-3-14(11-27)4-6-15/h3-8,10,12-13,30H,2,9H2,1H3,(H,28,29). The fourth-order valence-corrected chi connectivity index (χ4v) is 4.30. The molecular weight excluding hydrogens is 446 g/mol. The fraction of sp³-hybridized carbons (Fsp3) is 0.125. The van der Waals surface area contributed by atoms with Crippen molar-refractivity contribution in [3.63, 3.8) is 0 Å². The highest BCUT2D eigenvalue weighted by Crippen LogP contribution is 2.29. The molecule has 0 aliphatic carbocycles. The number of benzene rings is 2.